The molecular weight excluding hydrogens is 615 g/mol. The minimum absolute atomic E-state index is 0.0927. The Kier molecular flexibility index (Phi) is 6.93. The van der Waals surface area contributed by atoms with E-state index in [1.807, 2.05) is 12.3 Å². The second kappa shape index (κ2) is 11.2. The summed E-state index contributed by atoms with van der Waals surface area (Å²) < 4.78 is 0. The Morgan fingerprint density at radius 2 is 1.04 bits per heavy atom. The molecule has 0 spiro atoms. The van der Waals surface area contributed by atoms with Gasteiger partial charge in [0, 0.05) is 17.0 Å². The summed E-state index contributed by atoms with van der Waals surface area (Å²) in [6.45, 7) is 14.1. The van der Waals surface area contributed by atoms with Crippen molar-refractivity contribution < 1.29 is 0 Å². The van der Waals surface area contributed by atoms with Crippen molar-refractivity contribution in [2.24, 2.45) is 0 Å². The van der Waals surface area contributed by atoms with Gasteiger partial charge in [-0.25, -0.2) is 0 Å². The summed E-state index contributed by atoms with van der Waals surface area (Å²) in [5.41, 5.74) is 13.6. The van der Waals surface area contributed by atoms with Crippen LogP contribution in [0.5, 0.6) is 0 Å². The van der Waals surface area contributed by atoms with E-state index in [-0.39, 0.29) is 10.8 Å². The van der Waals surface area contributed by atoms with Crippen molar-refractivity contribution in [3.05, 3.63) is 185 Å². The lowest BCUT2D eigenvalue weighted by Gasteiger charge is -2.34. The molecule has 7 aromatic carbocycles. The highest BCUT2D eigenvalue weighted by molar-refractivity contribution is 6.17. The molecule has 0 aliphatic heterocycles. The third kappa shape index (κ3) is 4.64. The predicted octanol–water partition coefficient (Wildman–Crippen LogP) is 13.2. The molecule has 0 bridgehead atoms. The van der Waals surface area contributed by atoms with Crippen molar-refractivity contribution in [3.8, 4) is 22.3 Å². The summed E-state index contributed by atoms with van der Waals surface area (Å²) >= 11 is 0. The number of rotatable bonds is 3. The van der Waals surface area contributed by atoms with E-state index in [9.17, 15) is 0 Å². The van der Waals surface area contributed by atoms with Crippen molar-refractivity contribution in [2.75, 3.05) is 0 Å². The Labute approximate surface area is 301 Å². The van der Waals surface area contributed by atoms with Gasteiger partial charge in [-0.3, -0.25) is 4.98 Å². The highest BCUT2D eigenvalue weighted by atomic mass is 14.6. The van der Waals surface area contributed by atoms with E-state index >= 15 is 0 Å². The van der Waals surface area contributed by atoms with Crippen molar-refractivity contribution in [2.45, 2.75) is 57.8 Å². The Morgan fingerprint density at radius 1 is 0.451 bits per heavy atom. The highest BCUT2D eigenvalue weighted by Crippen LogP contribution is 2.57. The zero-order valence-corrected chi connectivity index (χ0v) is 30.4. The van der Waals surface area contributed by atoms with Gasteiger partial charge in [-0.05, 0) is 101 Å². The maximum Gasteiger partial charge on any atom is 0.0783 e. The van der Waals surface area contributed by atoms with Crippen LogP contribution in [0.4, 0.5) is 0 Å². The molecule has 0 atom stereocenters. The lowest BCUT2D eigenvalue weighted by atomic mass is 9.67. The molecule has 0 fully saturated rings. The SMILES string of the molecule is CC(C)(C)c1c2cc(-c3ccc4c(c3)C(c3ccccc3)(c3ccccc3)c3ccccc3-4)ccc2c(C(C)(C)C)c2c1ccc1cccnc12. The maximum atomic E-state index is 4.99. The average molecular weight is 658 g/mol. The van der Waals surface area contributed by atoms with E-state index in [0.29, 0.717) is 0 Å². The quantitative estimate of drug-likeness (QED) is 0.136. The third-order valence-corrected chi connectivity index (χ3v) is 11.1. The first-order valence-electron chi connectivity index (χ1n) is 18.2. The predicted molar refractivity (Wildman–Crippen MR) is 217 cm³/mol. The smallest absolute Gasteiger partial charge is 0.0783 e. The van der Waals surface area contributed by atoms with Crippen molar-refractivity contribution in [3.63, 3.8) is 0 Å². The number of hydrogen-bond donors (Lipinski definition) is 0. The topological polar surface area (TPSA) is 12.9 Å². The Bertz CT molecular complexity index is 2590. The van der Waals surface area contributed by atoms with Crippen molar-refractivity contribution >= 4 is 32.4 Å². The van der Waals surface area contributed by atoms with Crippen LogP contribution >= 0.6 is 0 Å². The first-order valence-corrected chi connectivity index (χ1v) is 18.2. The lowest BCUT2D eigenvalue weighted by molar-refractivity contribution is 0.593. The molecule has 1 aromatic heterocycles. The molecule has 1 heterocycles. The minimum Gasteiger partial charge on any atom is -0.256 e. The standard InChI is InChI=1S/C50H43N/c1-48(2,3)45-40-28-23-32-16-15-29-51-47(32)44(40)46(49(4,5)6)39-27-25-33(30-41(39)45)34-24-26-38-37-21-13-14-22-42(37)50(43(38)31-34,35-17-9-7-10-18-35)36-19-11-8-12-20-36/h7-31H,1-6H3. The number of fused-ring (bicyclic) bond motifs is 7. The van der Waals surface area contributed by atoms with Crippen LogP contribution in [0, 0.1) is 0 Å². The molecule has 0 N–H and O–H groups in total. The first kappa shape index (κ1) is 31.5. The van der Waals surface area contributed by atoms with Gasteiger partial charge in [-0.2, -0.15) is 0 Å². The van der Waals surface area contributed by atoms with Crippen molar-refractivity contribution in [1.29, 1.82) is 0 Å². The van der Waals surface area contributed by atoms with E-state index < -0.39 is 5.41 Å². The van der Waals surface area contributed by atoms with Gasteiger partial charge in [-0.1, -0.05) is 169 Å². The number of aromatic nitrogens is 1. The van der Waals surface area contributed by atoms with E-state index in [2.05, 4.69) is 181 Å². The second-order valence-corrected chi connectivity index (χ2v) is 16.4. The fraction of sp³-hybridized carbons (Fsp3) is 0.180. The maximum absolute atomic E-state index is 4.99. The summed E-state index contributed by atoms with van der Waals surface area (Å²) in [4.78, 5) is 4.99. The minimum atomic E-state index is -0.429. The summed E-state index contributed by atoms with van der Waals surface area (Å²) in [5.74, 6) is 0. The molecule has 8 aromatic rings. The largest absolute Gasteiger partial charge is 0.256 e. The zero-order chi connectivity index (χ0) is 35.1. The van der Waals surface area contributed by atoms with Crippen LogP contribution in [0.25, 0.3) is 54.7 Å². The molecular formula is C50H43N. The molecule has 0 radical (unpaired) electrons. The Hall–Kier alpha value is -5.53. The van der Waals surface area contributed by atoms with Gasteiger partial charge in [0.15, 0.2) is 0 Å². The van der Waals surface area contributed by atoms with E-state index in [1.165, 1.54) is 82.6 Å². The van der Waals surface area contributed by atoms with Gasteiger partial charge < -0.3 is 0 Å². The molecule has 248 valence electrons. The van der Waals surface area contributed by atoms with Gasteiger partial charge in [-0.15, -0.1) is 0 Å². The van der Waals surface area contributed by atoms with Crippen molar-refractivity contribution in [1.82, 2.24) is 4.98 Å². The fourth-order valence-corrected chi connectivity index (χ4v) is 9.25. The van der Waals surface area contributed by atoms with Gasteiger partial charge in [0.25, 0.3) is 0 Å². The van der Waals surface area contributed by atoms with E-state index in [4.69, 9.17) is 4.98 Å². The second-order valence-electron chi connectivity index (χ2n) is 16.4. The van der Waals surface area contributed by atoms with Gasteiger partial charge >= 0.3 is 0 Å². The Morgan fingerprint density at radius 3 is 1.73 bits per heavy atom. The lowest BCUT2D eigenvalue weighted by Crippen LogP contribution is -2.28. The monoisotopic (exact) mass is 657 g/mol. The summed E-state index contributed by atoms with van der Waals surface area (Å²) in [6.07, 6.45) is 1.94. The van der Waals surface area contributed by atoms with Crippen LogP contribution in [0.15, 0.2) is 152 Å². The Balaban J connectivity index is 1.36. The molecule has 1 aliphatic rings. The molecule has 51 heavy (non-hydrogen) atoms. The van der Waals surface area contributed by atoms with Gasteiger partial charge in [0.2, 0.25) is 0 Å². The summed E-state index contributed by atoms with van der Waals surface area (Å²) in [7, 11) is 0. The number of pyridine rings is 1. The molecule has 0 saturated heterocycles. The van der Waals surface area contributed by atoms with Crippen LogP contribution in [-0.4, -0.2) is 4.98 Å². The van der Waals surface area contributed by atoms with Crippen LogP contribution in [0.3, 0.4) is 0 Å². The molecule has 0 unspecified atom stereocenters. The zero-order valence-electron chi connectivity index (χ0n) is 30.4. The van der Waals surface area contributed by atoms with Gasteiger partial charge in [0.05, 0.1) is 10.9 Å². The highest BCUT2D eigenvalue weighted by Gasteiger charge is 2.46. The summed E-state index contributed by atoms with van der Waals surface area (Å²) in [5, 5.41) is 6.43. The molecule has 1 heteroatoms. The molecule has 0 saturated carbocycles. The summed E-state index contributed by atoms with van der Waals surface area (Å²) in [6, 6.07) is 54.4. The normalized spacial score (nSPS) is 13.8. The van der Waals surface area contributed by atoms with Crippen LogP contribution < -0.4 is 0 Å². The fourth-order valence-electron chi connectivity index (χ4n) is 9.25. The van der Waals surface area contributed by atoms with Crippen LogP contribution in [0.2, 0.25) is 0 Å². The van der Waals surface area contributed by atoms with Crippen LogP contribution in [-0.2, 0) is 16.2 Å². The first-order chi connectivity index (χ1) is 24.6. The number of nitrogens with zero attached hydrogens (tertiary/aromatic N) is 1. The molecule has 1 nitrogen and oxygen atoms in total. The average Bonchev–Trinajstić information content (AvgIpc) is 3.43. The number of benzene rings is 7. The third-order valence-electron chi connectivity index (χ3n) is 11.1. The molecule has 0 amide bonds. The number of hydrogen-bond acceptors (Lipinski definition) is 1. The van der Waals surface area contributed by atoms with E-state index in [0.717, 1.165) is 5.52 Å². The molecule has 1 aliphatic carbocycles. The van der Waals surface area contributed by atoms with Crippen LogP contribution in [0.1, 0.15) is 74.9 Å². The van der Waals surface area contributed by atoms with E-state index in [1.54, 1.807) is 0 Å². The van der Waals surface area contributed by atoms with Gasteiger partial charge in [0.1, 0.15) is 0 Å². The molecule has 9 rings (SSSR count).